The number of carbonyl (C=O) groups is 2. The number of hydrogen-bond donors (Lipinski definition) is 3. The molecule has 0 saturated heterocycles. The van der Waals surface area contributed by atoms with E-state index in [1.54, 1.807) is 0 Å². The molecule has 0 bridgehead atoms. The fourth-order valence-corrected chi connectivity index (χ4v) is 7.79. The van der Waals surface area contributed by atoms with E-state index in [0.717, 1.165) is 64.2 Å². The van der Waals surface area contributed by atoms with Crippen molar-refractivity contribution < 1.29 is 24.5 Å². The van der Waals surface area contributed by atoms with Gasteiger partial charge in [-0.25, -0.2) is 0 Å². The van der Waals surface area contributed by atoms with Crippen LogP contribution in [0.3, 0.4) is 0 Å². The first-order valence-electron chi connectivity index (χ1n) is 25.6. The number of amides is 1. The average molecular weight is 818 g/mol. The molecule has 58 heavy (non-hydrogen) atoms. The average Bonchev–Trinajstić information content (AvgIpc) is 3.22. The summed E-state index contributed by atoms with van der Waals surface area (Å²) in [5.41, 5.74) is 0. The Labute approximate surface area is 361 Å². The Hall–Kier alpha value is -1.66. The van der Waals surface area contributed by atoms with Crippen molar-refractivity contribution >= 4 is 11.9 Å². The largest absolute Gasteiger partial charge is 0.466 e. The van der Waals surface area contributed by atoms with Gasteiger partial charge in [-0.3, -0.25) is 9.59 Å². The number of carbonyl (C=O) groups excluding carboxylic acids is 2. The predicted molar refractivity (Wildman–Crippen MR) is 250 cm³/mol. The molecule has 6 nitrogen and oxygen atoms in total. The van der Waals surface area contributed by atoms with Crippen LogP contribution in [-0.4, -0.2) is 47.4 Å². The van der Waals surface area contributed by atoms with Gasteiger partial charge in [-0.05, 0) is 57.8 Å². The molecule has 342 valence electrons. The van der Waals surface area contributed by atoms with Gasteiger partial charge in [-0.15, -0.1) is 0 Å². The lowest BCUT2D eigenvalue weighted by Gasteiger charge is -2.22. The zero-order chi connectivity index (χ0) is 42.3. The molecular formula is C52H99NO5. The van der Waals surface area contributed by atoms with Crippen molar-refractivity contribution in [2.75, 3.05) is 13.2 Å². The lowest BCUT2D eigenvalue weighted by atomic mass is 10.0. The van der Waals surface area contributed by atoms with E-state index in [1.165, 1.54) is 173 Å². The first-order chi connectivity index (χ1) is 28.5. The van der Waals surface area contributed by atoms with E-state index in [4.69, 9.17) is 4.74 Å². The first kappa shape index (κ1) is 56.3. The molecule has 0 aliphatic heterocycles. The van der Waals surface area contributed by atoms with Gasteiger partial charge in [-0.2, -0.15) is 0 Å². The molecule has 0 rings (SSSR count). The van der Waals surface area contributed by atoms with Gasteiger partial charge in [0.25, 0.3) is 0 Å². The van der Waals surface area contributed by atoms with Crippen LogP contribution in [0.1, 0.15) is 271 Å². The summed E-state index contributed by atoms with van der Waals surface area (Å²) in [7, 11) is 0. The van der Waals surface area contributed by atoms with E-state index in [1.807, 2.05) is 0 Å². The number of hydrogen-bond acceptors (Lipinski definition) is 5. The number of unbranched alkanes of at least 4 members (excludes halogenated alkanes) is 32. The Morgan fingerprint density at radius 3 is 1.34 bits per heavy atom. The van der Waals surface area contributed by atoms with Crippen LogP contribution < -0.4 is 5.32 Å². The molecule has 0 spiro atoms. The Morgan fingerprint density at radius 2 is 0.862 bits per heavy atom. The van der Waals surface area contributed by atoms with Gasteiger partial charge in [-0.1, -0.05) is 224 Å². The van der Waals surface area contributed by atoms with Crippen LogP contribution >= 0.6 is 0 Å². The molecule has 2 unspecified atom stereocenters. The fourth-order valence-electron chi connectivity index (χ4n) is 7.79. The van der Waals surface area contributed by atoms with Crippen LogP contribution in [0.15, 0.2) is 24.3 Å². The number of aliphatic hydroxyl groups excluding tert-OH is 2. The topological polar surface area (TPSA) is 95.9 Å². The Balaban J connectivity index is 3.47. The van der Waals surface area contributed by atoms with E-state index in [2.05, 4.69) is 43.5 Å². The summed E-state index contributed by atoms with van der Waals surface area (Å²) in [6.45, 7) is 4.86. The van der Waals surface area contributed by atoms with Crippen LogP contribution in [-0.2, 0) is 14.3 Å². The van der Waals surface area contributed by atoms with E-state index in [-0.39, 0.29) is 18.5 Å². The molecule has 0 radical (unpaired) electrons. The minimum absolute atomic E-state index is 0.0289. The number of nitrogens with one attached hydrogen (secondary N) is 1. The van der Waals surface area contributed by atoms with Gasteiger partial charge in [0.2, 0.25) is 5.91 Å². The lowest BCUT2D eigenvalue weighted by molar-refractivity contribution is -0.143. The molecule has 3 N–H and O–H groups in total. The number of rotatable bonds is 47. The second-order valence-corrected chi connectivity index (χ2v) is 17.5. The molecule has 0 aliphatic carbocycles. The second-order valence-electron chi connectivity index (χ2n) is 17.5. The third-order valence-corrected chi connectivity index (χ3v) is 11.8. The second kappa shape index (κ2) is 48.0. The molecule has 2 atom stereocenters. The summed E-state index contributed by atoms with van der Waals surface area (Å²) in [4.78, 5) is 24.5. The summed E-state index contributed by atoms with van der Waals surface area (Å²) in [5.74, 6) is -0.0919. The standard InChI is InChI=1S/C52H99NO5/c1-3-5-7-9-11-13-15-17-18-19-20-21-22-24-26-30-34-38-42-46-52(57)58-47-43-39-35-31-27-29-33-37-41-45-51(56)53-49(48-54)50(55)44-40-36-32-28-25-23-16-14-12-10-8-6-4-2/h11,13,17-18,49-50,54-55H,3-10,12,14-16,19-48H2,1-2H3,(H,53,56)/b13-11-,18-17-. The SMILES string of the molecule is CCCCC/C=C\C/C=C\CCCCCCCCCCCC(=O)OCCCCCCCCCCCC(=O)NC(CO)C(O)CCCCCCCCCCCCCCC. The smallest absolute Gasteiger partial charge is 0.305 e. The fraction of sp³-hybridized carbons (Fsp3) is 0.885. The minimum atomic E-state index is -0.681. The molecule has 0 heterocycles. The van der Waals surface area contributed by atoms with E-state index in [9.17, 15) is 19.8 Å². The van der Waals surface area contributed by atoms with Crippen molar-refractivity contribution in [3.8, 4) is 0 Å². The Kier molecular flexibility index (Phi) is 46.6. The van der Waals surface area contributed by atoms with Gasteiger partial charge < -0.3 is 20.3 Å². The van der Waals surface area contributed by atoms with Crippen molar-refractivity contribution in [1.29, 1.82) is 0 Å². The van der Waals surface area contributed by atoms with Crippen molar-refractivity contribution in [3.63, 3.8) is 0 Å². The Bertz CT molecular complexity index is 904. The molecule has 6 heteroatoms. The highest BCUT2D eigenvalue weighted by Crippen LogP contribution is 2.16. The van der Waals surface area contributed by atoms with Crippen LogP contribution in [0.5, 0.6) is 0 Å². The third-order valence-electron chi connectivity index (χ3n) is 11.8. The summed E-state index contributed by atoms with van der Waals surface area (Å²) < 4.78 is 5.46. The molecule has 0 aliphatic rings. The molecule has 0 saturated carbocycles. The zero-order valence-corrected chi connectivity index (χ0v) is 38.8. The van der Waals surface area contributed by atoms with Gasteiger partial charge in [0, 0.05) is 12.8 Å². The van der Waals surface area contributed by atoms with E-state index >= 15 is 0 Å². The van der Waals surface area contributed by atoms with Crippen LogP contribution in [0, 0.1) is 0 Å². The van der Waals surface area contributed by atoms with Crippen molar-refractivity contribution in [3.05, 3.63) is 24.3 Å². The van der Waals surface area contributed by atoms with E-state index < -0.39 is 12.1 Å². The number of allylic oxidation sites excluding steroid dienone is 4. The molecule has 1 amide bonds. The first-order valence-corrected chi connectivity index (χ1v) is 25.6. The zero-order valence-electron chi connectivity index (χ0n) is 38.8. The summed E-state index contributed by atoms with van der Waals surface area (Å²) in [6, 6.07) is -0.561. The number of ether oxygens (including phenoxy) is 1. The molecule has 0 aromatic carbocycles. The Morgan fingerprint density at radius 1 is 0.483 bits per heavy atom. The van der Waals surface area contributed by atoms with Crippen molar-refractivity contribution in [2.45, 2.75) is 283 Å². The van der Waals surface area contributed by atoms with E-state index in [0.29, 0.717) is 25.9 Å². The van der Waals surface area contributed by atoms with Gasteiger partial charge in [0.05, 0.1) is 25.4 Å². The van der Waals surface area contributed by atoms with Gasteiger partial charge >= 0.3 is 5.97 Å². The third kappa shape index (κ3) is 43.9. The molecular weight excluding hydrogens is 719 g/mol. The number of esters is 1. The highest BCUT2D eigenvalue weighted by atomic mass is 16.5. The molecule has 0 fully saturated rings. The minimum Gasteiger partial charge on any atom is -0.466 e. The van der Waals surface area contributed by atoms with Crippen LogP contribution in [0.2, 0.25) is 0 Å². The van der Waals surface area contributed by atoms with Crippen molar-refractivity contribution in [2.24, 2.45) is 0 Å². The molecule has 0 aromatic heterocycles. The maximum absolute atomic E-state index is 12.4. The maximum Gasteiger partial charge on any atom is 0.305 e. The van der Waals surface area contributed by atoms with Gasteiger partial charge in [0.1, 0.15) is 0 Å². The lowest BCUT2D eigenvalue weighted by Crippen LogP contribution is -2.45. The van der Waals surface area contributed by atoms with Gasteiger partial charge in [0.15, 0.2) is 0 Å². The predicted octanol–water partition coefficient (Wildman–Crippen LogP) is 15.1. The number of aliphatic hydroxyl groups is 2. The summed E-state index contributed by atoms with van der Waals surface area (Å²) in [5, 5.41) is 23.2. The monoisotopic (exact) mass is 818 g/mol. The normalized spacial score (nSPS) is 12.8. The van der Waals surface area contributed by atoms with Crippen LogP contribution in [0.25, 0.3) is 0 Å². The van der Waals surface area contributed by atoms with Crippen molar-refractivity contribution in [1.82, 2.24) is 5.32 Å². The summed E-state index contributed by atoms with van der Waals surface area (Å²) in [6.07, 6.45) is 55.7. The maximum atomic E-state index is 12.4. The summed E-state index contributed by atoms with van der Waals surface area (Å²) >= 11 is 0. The highest BCUT2D eigenvalue weighted by molar-refractivity contribution is 5.76. The molecule has 0 aromatic rings. The van der Waals surface area contributed by atoms with Crippen LogP contribution in [0.4, 0.5) is 0 Å². The highest BCUT2D eigenvalue weighted by Gasteiger charge is 2.20. The quantitative estimate of drug-likeness (QED) is 0.0323.